The Hall–Kier alpha value is -0.860. The predicted octanol–water partition coefficient (Wildman–Crippen LogP) is 3.77. The van der Waals surface area contributed by atoms with Gasteiger partial charge in [0, 0.05) is 33.8 Å². The van der Waals surface area contributed by atoms with Crippen LogP contribution in [-0.2, 0) is 17.8 Å². The van der Waals surface area contributed by atoms with E-state index >= 15 is 0 Å². The zero-order chi connectivity index (χ0) is 18.8. The smallest absolute Gasteiger partial charge is 0.191 e. The Kier molecular flexibility index (Phi) is 11.3. The molecule has 27 heavy (non-hydrogen) atoms. The Bertz CT molecular complexity index is 552. The van der Waals surface area contributed by atoms with Gasteiger partial charge in [0.2, 0.25) is 0 Å². The van der Waals surface area contributed by atoms with Gasteiger partial charge in [-0.05, 0) is 50.9 Å². The third kappa shape index (κ3) is 9.25. The van der Waals surface area contributed by atoms with Gasteiger partial charge >= 0.3 is 0 Å². The van der Waals surface area contributed by atoms with E-state index < -0.39 is 0 Å². The molecule has 0 saturated carbocycles. The summed E-state index contributed by atoms with van der Waals surface area (Å²) < 4.78 is 5.43. The molecule has 1 heterocycles. The molecule has 0 unspecified atom stereocenters. The topological polar surface area (TPSA) is 48.9 Å². The lowest BCUT2D eigenvalue weighted by atomic mass is 10.1. The van der Waals surface area contributed by atoms with Crippen LogP contribution in [0.5, 0.6) is 0 Å². The molecular weight excluding hydrogens is 451 g/mol. The van der Waals surface area contributed by atoms with Crippen LogP contribution in [0.4, 0.5) is 0 Å². The molecule has 0 atom stereocenters. The Labute approximate surface area is 182 Å². The third-order valence-corrected chi connectivity index (χ3v) is 5.05. The molecule has 0 radical (unpaired) electrons. The highest BCUT2D eigenvalue weighted by molar-refractivity contribution is 14.0. The number of rotatable bonds is 7. The lowest BCUT2D eigenvalue weighted by Crippen LogP contribution is -2.45. The van der Waals surface area contributed by atoms with Crippen molar-refractivity contribution in [2.75, 3.05) is 33.8 Å². The molecule has 6 heteroatoms. The second kappa shape index (κ2) is 12.6. The van der Waals surface area contributed by atoms with Crippen molar-refractivity contribution in [3.63, 3.8) is 0 Å². The molecule has 1 aliphatic rings. The average Bonchev–Trinajstić information content (AvgIpc) is 2.92. The van der Waals surface area contributed by atoms with Gasteiger partial charge in [0.25, 0.3) is 0 Å². The fraction of sp³-hybridized carbons (Fsp3) is 0.667. The molecule has 1 fully saturated rings. The van der Waals surface area contributed by atoms with E-state index in [1.165, 1.54) is 49.9 Å². The molecule has 1 aromatic carbocycles. The number of ether oxygens (including phenoxy) is 1. The highest BCUT2D eigenvalue weighted by atomic mass is 127. The highest BCUT2D eigenvalue weighted by Gasteiger charge is 2.16. The summed E-state index contributed by atoms with van der Waals surface area (Å²) in [6.45, 7) is 9.12. The summed E-state index contributed by atoms with van der Waals surface area (Å²) in [5, 5.41) is 6.67. The van der Waals surface area contributed by atoms with Crippen LogP contribution in [-0.4, -0.2) is 50.3 Å². The minimum atomic E-state index is -0.216. The minimum Gasteiger partial charge on any atom is -0.377 e. The van der Waals surface area contributed by atoms with Gasteiger partial charge in [0.15, 0.2) is 5.96 Å². The number of nitrogens with one attached hydrogen (secondary N) is 2. The first-order chi connectivity index (χ1) is 12.5. The van der Waals surface area contributed by atoms with Crippen LogP contribution in [0.3, 0.4) is 0 Å². The molecule has 1 aliphatic heterocycles. The Morgan fingerprint density at radius 1 is 1.04 bits per heavy atom. The van der Waals surface area contributed by atoms with Crippen LogP contribution in [0.1, 0.15) is 50.7 Å². The summed E-state index contributed by atoms with van der Waals surface area (Å²) in [7, 11) is 3.52. The SMILES string of the molecule is CN=C(NCc1ccc(CN2CCCCCC2)cc1)NCC(C)(C)OC.I. The van der Waals surface area contributed by atoms with Gasteiger partial charge in [-0.1, -0.05) is 37.1 Å². The third-order valence-electron chi connectivity index (χ3n) is 5.05. The molecule has 2 rings (SSSR count). The number of nitrogens with zero attached hydrogens (tertiary/aromatic N) is 2. The average molecular weight is 488 g/mol. The summed E-state index contributed by atoms with van der Waals surface area (Å²) in [6, 6.07) is 8.94. The van der Waals surface area contributed by atoms with Gasteiger partial charge < -0.3 is 15.4 Å². The molecule has 0 aromatic heterocycles. The van der Waals surface area contributed by atoms with E-state index in [2.05, 4.69) is 58.6 Å². The molecule has 0 spiro atoms. The molecular formula is C21H37IN4O. The number of aliphatic imine (C=N–C) groups is 1. The monoisotopic (exact) mass is 488 g/mol. The molecule has 154 valence electrons. The number of likely N-dealkylation sites (tertiary alicyclic amines) is 1. The van der Waals surface area contributed by atoms with E-state index in [0.717, 1.165) is 19.0 Å². The summed E-state index contributed by atoms with van der Waals surface area (Å²) in [4.78, 5) is 6.86. The standard InChI is InChI=1S/C21H36N4O.HI/c1-21(2,26-4)17-24-20(22-3)23-15-18-9-11-19(12-10-18)16-25-13-7-5-6-8-14-25;/h9-12H,5-8,13-17H2,1-4H3,(H2,22,23,24);1H. The van der Waals surface area contributed by atoms with E-state index in [4.69, 9.17) is 4.74 Å². The van der Waals surface area contributed by atoms with Crippen molar-refractivity contribution < 1.29 is 4.74 Å². The van der Waals surface area contributed by atoms with Crippen LogP contribution < -0.4 is 10.6 Å². The Morgan fingerprint density at radius 3 is 2.19 bits per heavy atom. The molecule has 0 bridgehead atoms. The fourth-order valence-electron chi connectivity index (χ4n) is 3.09. The molecule has 2 N–H and O–H groups in total. The molecule has 5 nitrogen and oxygen atoms in total. The molecule has 1 aromatic rings. The van der Waals surface area contributed by atoms with Gasteiger partial charge in [-0.3, -0.25) is 9.89 Å². The van der Waals surface area contributed by atoms with Crippen molar-refractivity contribution in [3.05, 3.63) is 35.4 Å². The summed E-state index contributed by atoms with van der Waals surface area (Å²) in [6.07, 6.45) is 5.46. The first-order valence-corrected chi connectivity index (χ1v) is 9.82. The lowest BCUT2D eigenvalue weighted by Gasteiger charge is -2.24. The van der Waals surface area contributed by atoms with Crippen LogP contribution >= 0.6 is 24.0 Å². The molecule has 0 amide bonds. The van der Waals surface area contributed by atoms with Gasteiger partial charge in [-0.15, -0.1) is 24.0 Å². The second-order valence-electron chi connectivity index (χ2n) is 7.75. The van der Waals surface area contributed by atoms with E-state index in [1.807, 2.05) is 0 Å². The van der Waals surface area contributed by atoms with E-state index in [1.54, 1.807) is 14.2 Å². The van der Waals surface area contributed by atoms with E-state index in [-0.39, 0.29) is 29.6 Å². The van der Waals surface area contributed by atoms with Gasteiger partial charge in [0.1, 0.15) is 0 Å². The van der Waals surface area contributed by atoms with Crippen molar-refractivity contribution >= 4 is 29.9 Å². The number of hydrogen-bond acceptors (Lipinski definition) is 3. The zero-order valence-electron chi connectivity index (χ0n) is 17.4. The predicted molar refractivity (Wildman–Crippen MR) is 125 cm³/mol. The van der Waals surface area contributed by atoms with E-state index in [0.29, 0.717) is 6.54 Å². The fourth-order valence-corrected chi connectivity index (χ4v) is 3.09. The number of benzene rings is 1. The molecule has 1 saturated heterocycles. The number of methoxy groups -OCH3 is 1. The van der Waals surface area contributed by atoms with Crippen molar-refractivity contribution in [1.29, 1.82) is 0 Å². The quantitative estimate of drug-likeness (QED) is 0.349. The number of guanidine groups is 1. The first kappa shape index (κ1) is 24.2. The lowest BCUT2D eigenvalue weighted by molar-refractivity contribution is 0.0268. The second-order valence-corrected chi connectivity index (χ2v) is 7.75. The summed E-state index contributed by atoms with van der Waals surface area (Å²) >= 11 is 0. The van der Waals surface area contributed by atoms with Crippen molar-refractivity contribution in [3.8, 4) is 0 Å². The Morgan fingerprint density at radius 2 is 1.63 bits per heavy atom. The molecule has 0 aliphatic carbocycles. The van der Waals surface area contributed by atoms with Crippen LogP contribution in [0.15, 0.2) is 29.3 Å². The van der Waals surface area contributed by atoms with E-state index in [9.17, 15) is 0 Å². The van der Waals surface area contributed by atoms with Gasteiger partial charge in [0.05, 0.1) is 5.60 Å². The maximum atomic E-state index is 5.43. The first-order valence-electron chi connectivity index (χ1n) is 9.82. The largest absolute Gasteiger partial charge is 0.377 e. The van der Waals surface area contributed by atoms with Crippen molar-refractivity contribution in [2.24, 2.45) is 4.99 Å². The number of hydrogen-bond donors (Lipinski definition) is 2. The van der Waals surface area contributed by atoms with Crippen LogP contribution in [0.2, 0.25) is 0 Å². The van der Waals surface area contributed by atoms with Crippen molar-refractivity contribution in [1.82, 2.24) is 15.5 Å². The van der Waals surface area contributed by atoms with Gasteiger partial charge in [-0.2, -0.15) is 0 Å². The normalized spacial score (nSPS) is 16.4. The minimum absolute atomic E-state index is 0. The van der Waals surface area contributed by atoms with Crippen molar-refractivity contribution in [2.45, 2.75) is 58.2 Å². The van der Waals surface area contributed by atoms with Crippen LogP contribution in [0, 0.1) is 0 Å². The highest BCUT2D eigenvalue weighted by Crippen LogP contribution is 2.14. The van der Waals surface area contributed by atoms with Gasteiger partial charge in [-0.25, -0.2) is 0 Å². The Balaban J connectivity index is 0.00000364. The maximum absolute atomic E-state index is 5.43. The summed E-state index contributed by atoms with van der Waals surface area (Å²) in [5.74, 6) is 0.795. The summed E-state index contributed by atoms with van der Waals surface area (Å²) in [5.41, 5.74) is 2.45. The zero-order valence-corrected chi connectivity index (χ0v) is 19.7. The van der Waals surface area contributed by atoms with Crippen LogP contribution in [0.25, 0.3) is 0 Å². The maximum Gasteiger partial charge on any atom is 0.191 e. The number of halogens is 1.